The van der Waals surface area contributed by atoms with Crippen LogP contribution in [0.15, 0.2) is 5.38 Å². The first-order chi connectivity index (χ1) is 8.89. The predicted molar refractivity (Wildman–Crippen MR) is 72.4 cm³/mol. The summed E-state index contributed by atoms with van der Waals surface area (Å²) in [5, 5.41) is 10.6. The zero-order valence-electron chi connectivity index (χ0n) is 10.4. The van der Waals surface area contributed by atoms with Gasteiger partial charge in [0.1, 0.15) is 4.88 Å². The molecule has 1 saturated heterocycles. The second-order valence-electron chi connectivity index (χ2n) is 4.45. The van der Waals surface area contributed by atoms with Crippen molar-refractivity contribution in [3.8, 4) is 0 Å². The maximum Gasteiger partial charge on any atom is 0.348 e. The van der Waals surface area contributed by atoms with Crippen LogP contribution in [0.5, 0.6) is 0 Å². The van der Waals surface area contributed by atoms with Gasteiger partial charge in [0, 0.05) is 6.61 Å². The van der Waals surface area contributed by atoms with Gasteiger partial charge in [-0.1, -0.05) is 0 Å². The van der Waals surface area contributed by atoms with E-state index in [-0.39, 0.29) is 22.4 Å². The fraction of sp³-hybridized carbons (Fsp3) is 0.545. The van der Waals surface area contributed by atoms with Crippen molar-refractivity contribution < 1.29 is 23.1 Å². The lowest BCUT2D eigenvalue weighted by molar-refractivity contribution is 0.0703. The van der Waals surface area contributed by atoms with E-state index in [1.165, 1.54) is 0 Å². The van der Waals surface area contributed by atoms with E-state index in [0.29, 0.717) is 12.2 Å². The van der Waals surface area contributed by atoms with Crippen LogP contribution in [0, 0.1) is 6.92 Å². The molecule has 6 nitrogen and oxygen atoms in total. The summed E-state index contributed by atoms with van der Waals surface area (Å²) in [4.78, 5) is 11.0. The molecule has 1 fully saturated rings. The molecule has 2 heterocycles. The van der Waals surface area contributed by atoms with Gasteiger partial charge in [-0.05, 0) is 30.7 Å². The van der Waals surface area contributed by atoms with E-state index >= 15 is 0 Å². The number of carbonyl (C=O) groups is 1. The van der Waals surface area contributed by atoms with Gasteiger partial charge >= 0.3 is 5.97 Å². The third kappa shape index (κ3) is 3.46. The van der Waals surface area contributed by atoms with Crippen LogP contribution in [0.25, 0.3) is 0 Å². The van der Waals surface area contributed by atoms with Crippen LogP contribution in [0.1, 0.15) is 28.1 Å². The van der Waals surface area contributed by atoms with Gasteiger partial charge in [-0.15, -0.1) is 11.3 Å². The normalized spacial score (nSPS) is 19.5. The molecule has 2 rings (SSSR count). The van der Waals surface area contributed by atoms with E-state index < -0.39 is 16.0 Å². The first-order valence-corrected chi connectivity index (χ1v) is 8.36. The monoisotopic (exact) mass is 305 g/mol. The molecule has 0 aliphatic carbocycles. The summed E-state index contributed by atoms with van der Waals surface area (Å²) in [6.45, 7) is 2.25. The van der Waals surface area contributed by atoms with Gasteiger partial charge < -0.3 is 9.84 Å². The number of aryl methyl sites for hydroxylation is 1. The second-order valence-corrected chi connectivity index (χ2v) is 7.09. The number of hydrogen-bond acceptors (Lipinski definition) is 5. The predicted octanol–water partition coefficient (Wildman–Crippen LogP) is 1.68. The lowest BCUT2D eigenvalue weighted by Gasteiger charge is -2.12. The Morgan fingerprint density at radius 1 is 1.63 bits per heavy atom. The van der Waals surface area contributed by atoms with E-state index in [9.17, 15) is 13.2 Å². The van der Waals surface area contributed by atoms with Crippen molar-refractivity contribution in [2.24, 2.45) is 0 Å². The van der Waals surface area contributed by atoms with E-state index in [2.05, 4.69) is 4.72 Å². The van der Waals surface area contributed by atoms with Crippen molar-refractivity contribution in [1.29, 1.82) is 0 Å². The van der Waals surface area contributed by atoms with Crippen LogP contribution in [-0.2, 0) is 14.8 Å². The average Bonchev–Trinajstić information content (AvgIpc) is 2.89. The number of rotatable bonds is 5. The van der Waals surface area contributed by atoms with Gasteiger partial charge in [0.25, 0.3) is 0 Å². The molecule has 0 bridgehead atoms. The maximum absolute atomic E-state index is 12.0. The van der Waals surface area contributed by atoms with E-state index in [1.54, 1.807) is 12.3 Å². The number of anilines is 1. The molecule has 8 heteroatoms. The van der Waals surface area contributed by atoms with Crippen molar-refractivity contribution in [2.75, 3.05) is 17.1 Å². The molecule has 106 valence electrons. The van der Waals surface area contributed by atoms with Gasteiger partial charge in [-0.2, -0.15) is 0 Å². The van der Waals surface area contributed by atoms with Crippen LogP contribution >= 0.6 is 11.3 Å². The highest BCUT2D eigenvalue weighted by Gasteiger charge is 2.26. The molecule has 19 heavy (non-hydrogen) atoms. The topological polar surface area (TPSA) is 92.7 Å². The summed E-state index contributed by atoms with van der Waals surface area (Å²) in [5.74, 6) is -1.27. The first kappa shape index (κ1) is 14.3. The summed E-state index contributed by atoms with van der Waals surface area (Å²) in [6.07, 6.45) is 1.28. The molecule has 0 aromatic carbocycles. The van der Waals surface area contributed by atoms with E-state index in [0.717, 1.165) is 24.2 Å². The molecular weight excluding hydrogens is 290 g/mol. The minimum absolute atomic E-state index is 0.00779. The molecule has 1 aliphatic heterocycles. The molecule has 0 spiro atoms. The highest BCUT2D eigenvalue weighted by Crippen LogP contribution is 2.29. The van der Waals surface area contributed by atoms with E-state index in [1.807, 2.05) is 0 Å². The van der Waals surface area contributed by atoms with Crippen molar-refractivity contribution in [3.63, 3.8) is 0 Å². The lowest BCUT2D eigenvalue weighted by Crippen LogP contribution is -2.26. The molecule has 0 radical (unpaired) electrons. The first-order valence-electron chi connectivity index (χ1n) is 5.82. The number of hydrogen-bond donors (Lipinski definition) is 2. The summed E-state index contributed by atoms with van der Waals surface area (Å²) < 4.78 is 31.7. The van der Waals surface area contributed by atoms with Crippen LogP contribution in [0.2, 0.25) is 0 Å². The lowest BCUT2D eigenvalue weighted by atomic mass is 10.3. The fourth-order valence-corrected chi connectivity index (χ4v) is 4.26. The third-order valence-electron chi connectivity index (χ3n) is 2.86. The molecule has 0 saturated carbocycles. The fourth-order valence-electron chi connectivity index (χ4n) is 1.95. The molecule has 1 unspecified atom stereocenters. The van der Waals surface area contributed by atoms with Gasteiger partial charge in [0.2, 0.25) is 10.0 Å². The SMILES string of the molecule is Cc1csc(C(=O)O)c1NS(=O)(=O)CC1CCCO1. The maximum atomic E-state index is 12.0. The Balaban J connectivity index is 2.15. The van der Waals surface area contributed by atoms with Crippen molar-refractivity contribution in [1.82, 2.24) is 0 Å². The molecule has 1 aliphatic rings. The Kier molecular flexibility index (Phi) is 4.12. The number of carboxylic acids is 1. The zero-order chi connectivity index (χ0) is 14.0. The van der Waals surface area contributed by atoms with Crippen molar-refractivity contribution in [3.05, 3.63) is 15.8 Å². The Hall–Kier alpha value is -1.12. The van der Waals surface area contributed by atoms with Gasteiger partial charge in [0.05, 0.1) is 17.5 Å². The van der Waals surface area contributed by atoms with Crippen LogP contribution in [0.3, 0.4) is 0 Å². The standard InChI is InChI=1S/C11H15NO5S2/c1-7-5-18-10(11(13)14)9(7)12-19(15,16)6-8-3-2-4-17-8/h5,8,12H,2-4,6H2,1H3,(H,13,14). The third-order valence-corrected chi connectivity index (χ3v) is 5.27. The molecule has 1 aromatic rings. The molecular formula is C11H15NO5S2. The molecule has 0 amide bonds. The second kappa shape index (κ2) is 5.48. The molecule has 1 atom stereocenters. The smallest absolute Gasteiger partial charge is 0.348 e. The Morgan fingerprint density at radius 3 is 2.95 bits per heavy atom. The summed E-state index contributed by atoms with van der Waals surface area (Å²) in [5.41, 5.74) is 0.772. The number of sulfonamides is 1. The minimum Gasteiger partial charge on any atom is -0.477 e. The number of thiophene rings is 1. The van der Waals surface area contributed by atoms with E-state index in [4.69, 9.17) is 9.84 Å². The highest BCUT2D eigenvalue weighted by atomic mass is 32.2. The van der Waals surface area contributed by atoms with Crippen molar-refractivity contribution in [2.45, 2.75) is 25.9 Å². The summed E-state index contributed by atoms with van der Waals surface area (Å²) in [6, 6.07) is 0. The number of nitrogens with one attached hydrogen (secondary N) is 1. The zero-order valence-corrected chi connectivity index (χ0v) is 12.0. The summed E-state index contributed by atoms with van der Waals surface area (Å²) in [7, 11) is -3.60. The quantitative estimate of drug-likeness (QED) is 0.863. The number of carboxylic acid groups (broad SMARTS) is 1. The average molecular weight is 305 g/mol. The van der Waals surface area contributed by atoms with Crippen LogP contribution in [-0.4, -0.2) is 38.0 Å². The Labute approximate surface area is 115 Å². The highest BCUT2D eigenvalue weighted by molar-refractivity contribution is 7.92. The van der Waals surface area contributed by atoms with Crippen LogP contribution < -0.4 is 4.72 Å². The van der Waals surface area contributed by atoms with Crippen LogP contribution in [0.4, 0.5) is 5.69 Å². The molecule has 2 N–H and O–H groups in total. The number of ether oxygens (including phenoxy) is 1. The number of aromatic carboxylic acids is 1. The molecule has 1 aromatic heterocycles. The summed E-state index contributed by atoms with van der Waals surface area (Å²) >= 11 is 1.01. The van der Waals surface area contributed by atoms with Gasteiger partial charge in [0.15, 0.2) is 0 Å². The van der Waals surface area contributed by atoms with Crippen molar-refractivity contribution >= 4 is 33.0 Å². The van der Waals surface area contributed by atoms with Gasteiger partial charge in [-0.3, -0.25) is 4.72 Å². The van der Waals surface area contributed by atoms with Gasteiger partial charge in [-0.25, -0.2) is 13.2 Å². The largest absolute Gasteiger partial charge is 0.477 e. The Bertz CT molecular complexity index is 572. The Morgan fingerprint density at radius 2 is 2.37 bits per heavy atom. The minimum atomic E-state index is -3.60.